The van der Waals surface area contributed by atoms with Crippen molar-refractivity contribution in [2.24, 2.45) is 0 Å². The lowest BCUT2D eigenvalue weighted by Crippen LogP contribution is -2.30. The third-order valence-electron chi connectivity index (χ3n) is 5.59. The third kappa shape index (κ3) is 4.17. The Bertz CT molecular complexity index is 1220. The van der Waals surface area contributed by atoms with Crippen molar-refractivity contribution in [2.45, 2.75) is 18.9 Å². The van der Waals surface area contributed by atoms with E-state index in [1.165, 1.54) is 12.1 Å². The van der Waals surface area contributed by atoms with Crippen LogP contribution in [-0.4, -0.2) is 37.7 Å². The molecule has 32 heavy (non-hydrogen) atoms. The molecule has 3 N–H and O–H groups in total. The number of phenols is 1. The average Bonchev–Trinajstić information content (AvgIpc) is 3.26. The summed E-state index contributed by atoms with van der Waals surface area (Å²) in [6, 6.07) is 15.4. The maximum absolute atomic E-state index is 13.5. The average molecular weight is 430 g/mol. The number of benzene rings is 2. The van der Waals surface area contributed by atoms with E-state index in [9.17, 15) is 9.50 Å². The Hall–Kier alpha value is -3.78. The highest BCUT2D eigenvalue weighted by molar-refractivity contribution is 5.65. The van der Waals surface area contributed by atoms with Gasteiger partial charge in [0.1, 0.15) is 17.4 Å². The summed E-state index contributed by atoms with van der Waals surface area (Å²) in [6.45, 7) is 1.86. The molecule has 8 heteroatoms. The lowest BCUT2D eigenvalue weighted by atomic mass is 10.0. The van der Waals surface area contributed by atoms with Crippen LogP contribution in [0.25, 0.3) is 22.8 Å². The summed E-state index contributed by atoms with van der Waals surface area (Å²) in [5, 5.41) is 16.3. The number of imidazole rings is 1. The maximum Gasteiger partial charge on any atom is 0.227 e. The van der Waals surface area contributed by atoms with E-state index in [-0.39, 0.29) is 17.6 Å². The van der Waals surface area contributed by atoms with Crippen LogP contribution in [0.3, 0.4) is 0 Å². The second-order valence-electron chi connectivity index (χ2n) is 7.77. The zero-order valence-electron chi connectivity index (χ0n) is 17.4. The number of nitrogens with one attached hydrogen (secondary N) is 2. The Balaban J connectivity index is 1.55. The summed E-state index contributed by atoms with van der Waals surface area (Å²) >= 11 is 0. The SMILES string of the molecule is Oc1cccc(Nc2nccc(-c3cnc(-c4ccc(F)cc4)n3C3CCNCC3)n2)c1. The van der Waals surface area contributed by atoms with Crippen LogP contribution < -0.4 is 10.6 Å². The number of phenolic OH excluding ortho intramolecular Hbond substituents is 1. The number of anilines is 2. The summed E-state index contributed by atoms with van der Waals surface area (Å²) < 4.78 is 15.7. The number of piperidine rings is 1. The molecule has 5 rings (SSSR count). The highest BCUT2D eigenvalue weighted by Gasteiger charge is 2.23. The van der Waals surface area contributed by atoms with Crippen LogP contribution in [0.5, 0.6) is 5.75 Å². The van der Waals surface area contributed by atoms with Crippen molar-refractivity contribution in [3.05, 3.63) is 72.8 Å². The van der Waals surface area contributed by atoms with E-state index < -0.39 is 0 Å². The van der Waals surface area contributed by atoms with Gasteiger partial charge >= 0.3 is 0 Å². The second kappa shape index (κ2) is 8.76. The molecule has 1 saturated heterocycles. The van der Waals surface area contributed by atoms with Crippen LogP contribution in [0.15, 0.2) is 67.0 Å². The van der Waals surface area contributed by atoms with Crippen molar-refractivity contribution in [1.29, 1.82) is 0 Å². The first kappa shape index (κ1) is 20.1. The summed E-state index contributed by atoms with van der Waals surface area (Å²) in [5.41, 5.74) is 3.18. The first-order valence-electron chi connectivity index (χ1n) is 10.6. The van der Waals surface area contributed by atoms with Crippen LogP contribution in [0.1, 0.15) is 18.9 Å². The van der Waals surface area contributed by atoms with E-state index in [0.717, 1.165) is 48.7 Å². The molecule has 1 aliphatic rings. The Morgan fingerprint density at radius 1 is 1.03 bits per heavy atom. The van der Waals surface area contributed by atoms with Gasteiger partial charge in [0.05, 0.1) is 17.6 Å². The molecule has 0 aliphatic carbocycles. The van der Waals surface area contributed by atoms with Crippen LogP contribution >= 0.6 is 0 Å². The predicted molar refractivity (Wildman–Crippen MR) is 121 cm³/mol. The normalized spacial score (nSPS) is 14.4. The molecular formula is C24H23FN6O. The lowest BCUT2D eigenvalue weighted by Gasteiger charge is -2.27. The van der Waals surface area contributed by atoms with E-state index in [1.54, 1.807) is 36.5 Å². The molecule has 2 aromatic carbocycles. The van der Waals surface area contributed by atoms with E-state index in [2.05, 4.69) is 20.2 Å². The van der Waals surface area contributed by atoms with Gasteiger partial charge in [-0.05, 0) is 68.4 Å². The standard InChI is InChI=1S/C24H23FN6O/c25-17-6-4-16(5-7-17)23-28-15-22(31(23)19-8-11-26-12-9-19)21-10-13-27-24(30-21)29-18-2-1-3-20(32)14-18/h1-7,10,13-15,19,26,32H,8-9,11-12H2,(H,27,29,30). The van der Waals surface area contributed by atoms with Gasteiger partial charge in [-0.2, -0.15) is 0 Å². The molecular weight excluding hydrogens is 407 g/mol. The van der Waals surface area contributed by atoms with E-state index in [0.29, 0.717) is 11.6 Å². The summed E-state index contributed by atoms with van der Waals surface area (Å²) in [5.74, 6) is 1.12. The van der Waals surface area contributed by atoms with Crippen LogP contribution in [-0.2, 0) is 0 Å². The number of rotatable bonds is 5. The Kier molecular flexibility index (Phi) is 5.51. The van der Waals surface area contributed by atoms with Gasteiger partial charge in [-0.25, -0.2) is 19.3 Å². The molecule has 7 nitrogen and oxygen atoms in total. The van der Waals surface area contributed by atoms with Gasteiger partial charge in [0.25, 0.3) is 0 Å². The Morgan fingerprint density at radius 3 is 2.62 bits per heavy atom. The Labute approximate surface area is 185 Å². The van der Waals surface area contributed by atoms with Gasteiger partial charge in [-0.1, -0.05) is 6.07 Å². The van der Waals surface area contributed by atoms with Gasteiger partial charge in [0.15, 0.2) is 0 Å². The summed E-state index contributed by atoms with van der Waals surface area (Å²) in [4.78, 5) is 13.7. The van der Waals surface area contributed by atoms with Gasteiger partial charge in [0.2, 0.25) is 5.95 Å². The smallest absolute Gasteiger partial charge is 0.227 e. The molecule has 0 unspecified atom stereocenters. The van der Waals surface area contributed by atoms with Crippen molar-refractivity contribution in [3.8, 4) is 28.5 Å². The molecule has 3 heterocycles. The molecule has 1 fully saturated rings. The predicted octanol–water partition coefficient (Wildman–Crippen LogP) is 4.52. The number of hydrogen-bond acceptors (Lipinski definition) is 6. The maximum atomic E-state index is 13.5. The fraction of sp³-hybridized carbons (Fsp3) is 0.208. The molecule has 4 aromatic rings. The van der Waals surface area contributed by atoms with Gasteiger partial charge < -0.3 is 20.3 Å². The fourth-order valence-corrected chi connectivity index (χ4v) is 4.07. The number of aromatic nitrogens is 4. The van der Waals surface area contributed by atoms with Crippen molar-refractivity contribution in [2.75, 3.05) is 18.4 Å². The largest absolute Gasteiger partial charge is 0.508 e. The van der Waals surface area contributed by atoms with E-state index >= 15 is 0 Å². The molecule has 162 valence electrons. The van der Waals surface area contributed by atoms with Gasteiger partial charge in [-0.3, -0.25) is 0 Å². The molecule has 1 aliphatic heterocycles. The number of halogens is 1. The van der Waals surface area contributed by atoms with E-state index in [1.807, 2.05) is 18.3 Å². The highest BCUT2D eigenvalue weighted by atomic mass is 19.1. The molecule has 0 radical (unpaired) electrons. The Morgan fingerprint density at radius 2 is 1.84 bits per heavy atom. The highest BCUT2D eigenvalue weighted by Crippen LogP contribution is 2.33. The monoisotopic (exact) mass is 430 g/mol. The number of nitrogens with zero attached hydrogens (tertiary/aromatic N) is 4. The zero-order chi connectivity index (χ0) is 21.9. The lowest BCUT2D eigenvalue weighted by molar-refractivity contribution is 0.373. The number of hydrogen-bond donors (Lipinski definition) is 3. The van der Waals surface area contributed by atoms with Crippen molar-refractivity contribution in [1.82, 2.24) is 24.8 Å². The van der Waals surface area contributed by atoms with Crippen molar-refractivity contribution < 1.29 is 9.50 Å². The van der Waals surface area contributed by atoms with Crippen LogP contribution in [0.2, 0.25) is 0 Å². The molecule has 0 amide bonds. The third-order valence-corrected chi connectivity index (χ3v) is 5.59. The second-order valence-corrected chi connectivity index (χ2v) is 7.77. The van der Waals surface area contributed by atoms with Crippen molar-refractivity contribution >= 4 is 11.6 Å². The minimum atomic E-state index is -0.271. The van der Waals surface area contributed by atoms with Crippen LogP contribution in [0, 0.1) is 5.82 Å². The minimum Gasteiger partial charge on any atom is -0.508 e. The van der Waals surface area contributed by atoms with Crippen molar-refractivity contribution in [3.63, 3.8) is 0 Å². The minimum absolute atomic E-state index is 0.166. The molecule has 0 atom stereocenters. The summed E-state index contributed by atoms with van der Waals surface area (Å²) in [7, 11) is 0. The molecule has 0 bridgehead atoms. The van der Waals surface area contributed by atoms with E-state index in [4.69, 9.17) is 9.97 Å². The molecule has 0 saturated carbocycles. The van der Waals surface area contributed by atoms with Gasteiger partial charge in [-0.15, -0.1) is 0 Å². The number of aromatic hydroxyl groups is 1. The molecule has 0 spiro atoms. The zero-order valence-corrected chi connectivity index (χ0v) is 17.4. The first-order chi connectivity index (χ1) is 15.7. The van der Waals surface area contributed by atoms with Crippen LogP contribution in [0.4, 0.5) is 16.0 Å². The first-order valence-corrected chi connectivity index (χ1v) is 10.6. The fourth-order valence-electron chi connectivity index (χ4n) is 4.07. The quantitative estimate of drug-likeness (QED) is 0.432. The summed E-state index contributed by atoms with van der Waals surface area (Å²) in [6.07, 6.45) is 5.46. The topological polar surface area (TPSA) is 87.9 Å². The molecule has 2 aromatic heterocycles. The van der Waals surface area contributed by atoms with Gasteiger partial charge in [0, 0.05) is 29.6 Å².